The summed E-state index contributed by atoms with van der Waals surface area (Å²) in [5.41, 5.74) is 10.4. The second kappa shape index (κ2) is 3.91. The first-order chi connectivity index (χ1) is 10.0. The van der Waals surface area contributed by atoms with Gasteiger partial charge in [0, 0.05) is 24.2 Å². The van der Waals surface area contributed by atoms with Crippen LogP contribution in [0, 0.1) is 5.41 Å². The number of rotatable bonds is 0. The van der Waals surface area contributed by atoms with E-state index in [9.17, 15) is 0 Å². The molecule has 0 saturated carbocycles. The molecule has 2 heterocycles. The number of anilines is 1. The van der Waals surface area contributed by atoms with Gasteiger partial charge in [-0.25, -0.2) is 9.97 Å². The number of pyridine rings is 1. The predicted molar refractivity (Wildman–Crippen MR) is 82.6 cm³/mol. The maximum absolute atomic E-state index is 5.85. The summed E-state index contributed by atoms with van der Waals surface area (Å²) in [6, 6.07) is 2.05. The Morgan fingerprint density at radius 3 is 2.71 bits per heavy atom. The van der Waals surface area contributed by atoms with E-state index in [1.165, 1.54) is 11.1 Å². The SMILES string of the molecule is CC1(C)C=CC2(CC1)c1cnccc1-c1cnc(N)nc12. The van der Waals surface area contributed by atoms with Crippen molar-refractivity contribution in [1.82, 2.24) is 15.0 Å². The van der Waals surface area contributed by atoms with E-state index >= 15 is 0 Å². The molecule has 21 heavy (non-hydrogen) atoms. The van der Waals surface area contributed by atoms with Crippen LogP contribution in [0.2, 0.25) is 0 Å². The molecule has 1 atom stereocenters. The zero-order valence-corrected chi connectivity index (χ0v) is 12.3. The first-order valence-corrected chi connectivity index (χ1v) is 7.30. The second-order valence-corrected chi connectivity index (χ2v) is 6.71. The van der Waals surface area contributed by atoms with E-state index in [1.54, 1.807) is 0 Å². The molecular weight excluding hydrogens is 260 g/mol. The number of nitrogens with two attached hydrogens (primary N) is 1. The fraction of sp³-hybridized carbons (Fsp3) is 0.353. The van der Waals surface area contributed by atoms with E-state index < -0.39 is 0 Å². The number of hydrogen-bond donors (Lipinski definition) is 1. The van der Waals surface area contributed by atoms with Gasteiger partial charge in [-0.05, 0) is 35.4 Å². The molecular formula is C17H18N4. The molecule has 0 saturated heterocycles. The van der Waals surface area contributed by atoms with Crippen LogP contribution in [0.15, 0.2) is 36.8 Å². The minimum atomic E-state index is -0.189. The van der Waals surface area contributed by atoms with Gasteiger partial charge >= 0.3 is 0 Å². The average molecular weight is 278 g/mol. The lowest BCUT2D eigenvalue weighted by Gasteiger charge is -2.36. The monoisotopic (exact) mass is 278 g/mol. The summed E-state index contributed by atoms with van der Waals surface area (Å²) in [7, 11) is 0. The molecule has 2 aliphatic rings. The summed E-state index contributed by atoms with van der Waals surface area (Å²) >= 11 is 0. The fourth-order valence-electron chi connectivity index (χ4n) is 3.52. The predicted octanol–water partition coefficient (Wildman–Crippen LogP) is 3.10. The van der Waals surface area contributed by atoms with Crippen LogP contribution in [0.4, 0.5) is 5.95 Å². The van der Waals surface area contributed by atoms with Crippen molar-refractivity contribution in [1.29, 1.82) is 0 Å². The zero-order valence-electron chi connectivity index (χ0n) is 12.3. The van der Waals surface area contributed by atoms with Gasteiger partial charge in [0.25, 0.3) is 0 Å². The Balaban J connectivity index is 2.02. The minimum absolute atomic E-state index is 0.189. The van der Waals surface area contributed by atoms with Crippen molar-refractivity contribution >= 4 is 5.95 Å². The molecule has 4 heteroatoms. The highest BCUT2D eigenvalue weighted by molar-refractivity contribution is 5.80. The molecule has 106 valence electrons. The van der Waals surface area contributed by atoms with Crippen LogP contribution in [-0.4, -0.2) is 15.0 Å². The minimum Gasteiger partial charge on any atom is -0.368 e. The Hall–Kier alpha value is -2.23. The summed E-state index contributed by atoms with van der Waals surface area (Å²) in [5.74, 6) is 0.340. The second-order valence-electron chi connectivity index (χ2n) is 6.71. The highest BCUT2D eigenvalue weighted by atomic mass is 15.0. The number of nitrogen functional groups attached to an aromatic ring is 1. The lowest BCUT2D eigenvalue weighted by molar-refractivity contribution is 0.353. The number of allylic oxidation sites excluding steroid dienone is 2. The first-order valence-electron chi connectivity index (χ1n) is 7.30. The third kappa shape index (κ3) is 1.65. The Bertz CT molecular complexity index is 763. The first kappa shape index (κ1) is 12.5. The summed E-state index contributed by atoms with van der Waals surface area (Å²) in [6.07, 6.45) is 12.4. The van der Waals surface area contributed by atoms with Crippen molar-refractivity contribution in [2.45, 2.75) is 32.1 Å². The normalized spacial score (nSPS) is 24.9. The summed E-state index contributed by atoms with van der Waals surface area (Å²) < 4.78 is 0. The van der Waals surface area contributed by atoms with Gasteiger partial charge in [0.05, 0.1) is 11.1 Å². The molecule has 4 rings (SSSR count). The molecule has 2 N–H and O–H groups in total. The van der Waals surface area contributed by atoms with Crippen LogP contribution in [0.1, 0.15) is 37.9 Å². The molecule has 1 spiro atoms. The number of fused-ring (bicyclic) bond motifs is 5. The van der Waals surface area contributed by atoms with E-state index in [0.29, 0.717) is 5.95 Å². The van der Waals surface area contributed by atoms with Crippen LogP contribution < -0.4 is 5.73 Å². The van der Waals surface area contributed by atoms with Gasteiger partial charge in [-0.2, -0.15) is 0 Å². The number of nitrogens with zero attached hydrogens (tertiary/aromatic N) is 3. The molecule has 2 aromatic heterocycles. The van der Waals surface area contributed by atoms with Gasteiger partial charge in [-0.15, -0.1) is 0 Å². The zero-order chi connectivity index (χ0) is 14.7. The van der Waals surface area contributed by atoms with Gasteiger partial charge in [-0.1, -0.05) is 26.0 Å². The molecule has 0 aromatic carbocycles. The average Bonchev–Trinajstić information content (AvgIpc) is 2.73. The molecule has 0 aliphatic heterocycles. The smallest absolute Gasteiger partial charge is 0.220 e. The molecule has 4 nitrogen and oxygen atoms in total. The van der Waals surface area contributed by atoms with E-state index in [0.717, 1.165) is 24.1 Å². The molecule has 0 fully saturated rings. The Kier molecular flexibility index (Phi) is 2.33. The quantitative estimate of drug-likeness (QED) is 0.752. The third-order valence-electron chi connectivity index (χ3n) is 4.80. The van der Waals surface area contributed by atoms with Gasteiger partial charge in [0.15, 0.2) is 0 Å². The van der Waals surface area contributed by atoms with Gasteiger partial charge in [-0.3, -0.25) is 4.98 Å². The maximum atomic E-state index is 5.85. The summed E-state index contributed by atoms with van der Waals surface area (Å²) in [6.45, 7) is 4.54. The molecule has 2 aliphatic carbocycles. The summed E-state index contributed by atoms with van der Waals surface area (Å²) in [4.78, 5) is 13.1. The van der Waals surface area contributed by atoms with Crippen LogP contribution in [0.3, 0.4) is 0 Å². The lowest BCUT2D eigenvalue weighted by atomic mass is 9.67. The number of hydrogen-bond acceptors (Lipinski definition) is 4. The Labute approximate surface area is 124 Å². The van der Waals surface area contributed by atoms with E-state index in [-0.39, 0.29) is 10.8 Å². The Morgan fingerprint density at radius 2 is 1.95 bits per heavy atom. The maximum Gasteiger partial charge on any atom is 0.220 e. The highest BCUT2D eigenvalue weighted by Crippen LogP contribution is 2.54. The van der Waals surface area contributed by atoms with Gasteiger partial charge < -0.3 is 5.73 Å². The van der Waals surface area contributed by atoms with Crippen molar-refractivity contribution in [2.24, 2.45) is 5.41 Å². The molecule has 0 amide bonds. The van der Waals surface area contributed by atoms with Crippen molar-refractivity contribution in [3.05, 3.63) is 48.1 Å². The van der Waals surface area contributed by atoms with E-state index in [4.69, 9.17) is 5.73 Å². The molecule has 1 unspecified atom stereocenters. The van der Waals surface area contributed by atoms with Crippen LogP contribution in [0.5, 0.6) is 0 Å². The Morgan fingerprint density at radius 1 is 1.10 bits per heavy atom. The van der Waals surface area contributed by atoms with Crippen LogP contribution in [-0.2, 0) is 5.41 Å². The van der Waals surface area contributed by atoms with E-state index in [1.807, 2.05) is 18.6 Å². The van der Waals surface area contributed by atoms with Gasteiger partial charge in [0.1, 0.15) is 0 Å². The summed E-state index contributed by atoms with van der Waals surface area (Å²) in [5, 5.41) is 0. The molecule has 0 radical (unpaired) electrons. The standard InChI is InChI=1S/C17H18N4/c1-16(2)4-6-17(7-5-16)13-10-19-8-3-11(13)12-9-20-15(18)21-14(12)17/h3-4,6,8-10H,5,7H2,1-2H3,(H2,18,20,21). The van der Waals surface area contributed by atoms with Crippen molar-refractivity contribution in [3.8, 4) is 11.1 Å². The van der Waals surface area contributed by atoms with Crippen molar-refractivity contribution < 1.29 is 0 Å². The fourth-order valence-corrected chi connectivity index (χ4v) is 3.52. The topological polar surface area (TPSA) is 64.7 Å². The third-order valence-corrected chi connectivity index (χ3v) is 4.80. The molecule has 2 aromatic rings. The largest absolute Gasteiger partial charge is 0.368 e. The van der Waals surface area contributed by atoms with Crippen molar-refractivity contribution in [3.63, 3.8) is 0 Å². The van der Waals surface area contributed by atoms with E-state index in [2.05, 4.69) is 47.0 Å². The lowest BCUT2D eigenvalue weighted by Crippen LogP contribution is -2.30. The van der Waals surface area contributed by atoms with Crippen LogP contribution >= 0.6 is 0 Å². The van der Waals surface area contributed by atoms with Crippen molar-refractivity contribution in [2.75, 3.05) is 5.73 Å². The van der Waals surface area contributed by atoms with Crippen LogP contribution in [0.25, 0.3) is 11.1 Å². The van der Waals surface area contributed by atoms with Gasteiger partial charge in [0.2, 0.25) is 5.95 Å². The molecule has 0 bridgehead atoms. The highest BCUT2D eigenvalue weighted by Gasteiger charge is 2.46. The number of aromatic nitrogens is 3.